The van der Waals surface area contributed by atoms with Crippen LogP contribution in [0.5, 0.6) is 0 Å². The average Bonchev–Trinajstić information content (AvgIpc) is 2.12. The lowest BCUT2D eigenvalue weighted by molar-refractivity contribution is -0.138. The van der Waals surface area contributed by atoms with Crippen LogP contribution >= 0.6 is 0 Å². The predicted molar refractivity (Wildman–Crippen MR) is 52.8 cm³/mol. The fourth-order valence-corrected chi connectivity index (χ4v) is 1.46. The molecule has 4 N–H and O–H groups in total. The fourth-order valence-electron chi connectivity index (χ4n) is 0.717. The predicted octanol–water partition coefficient (Wildman–Crippen LogP) is -1.58. The molecule has 1 unspecified atom stereocenters. The molecule has 0 amide bonds. The molecule has 0 heterocycles. The Labute approximate surface area is 83.4 Å². The summed E-state index contributed by atoms with van der Waals surface area (Å²) in [6.45, 7) is 1.88. The molecule has 0 radical (unpaired) electrons. The molecule has 0 saturated heterocycles. The molecule has 0 saturated carbocycles. The molecule has 84 valence electrons. The lowest BCUT2D eigenvalue weighted by atomic mass is 10.3. The molecule has 0 aromatic rings. The highest BCUT2D eigenvalue weighted by molar-refractivity contribution is 7.91. The van der Waals surface area contributed by atoms with E-state index in [1.165, 1.54) is 0 Å². The second-order valence-corrected chi connectivity index (χ2v) is 5.36. The summed E-state index contributed by atoms with van der Waals surface area (Å²) in [7, 11) is -2.99. The number of carbonyl (C=O) groups is 1. The monoisotopic (exact) mass is 224 g/mol. The van der Waals surface area contributed by atoms with E-state index in [0.29, 0.717) is 0 Å². The van der Waals surface area contributed by atoms with Crippen LogP contribution in [-0.2, 0) is 14.6 Å². The summed E-state index contributed by atoms with van der Waals surface area (Å²) in [4.78, 5) is 10.3. The number of hydrogen-bond acceptors (Lipinski definition) is 5. The highest BCUT2D eigenvalue weighted by Gasteiger charge is 2.11. The van der Waals surface area contributed by atoms with Crippen LogP contribution in [0.1, 0.15) is 6.92 Å². The van der Waals surface area contributed by atoms with Crippen LogP contribution in [0.25, 0.3) is 0 Å². The molecule has 0 rings (SSSR count). The van der Waals surface area contributed by atoms with Crippen molar-refractivity contribution in [1.29, 1.82) is 0 Å². The SMILES string of the molecule is CCS(=O)(=O)CCNCC(N)C(=O)O. The van der Waals surface area contributed by atoms with Crippen LogP contribution in [0.3, 0.4) is 0 Å². The summed E-state index contributed by atoms with van der Waals surface area (Å²) >= 11 is 0. The van der Waals surface area contributed by atoms with Crippen LogP contribution < -0.4 is 11.1 Å². The number of aliphatic carboxylic acids is 1. The first-order chi connectivity index (χ1) is 6.39. The number of hydrogen-bond donors (Lipinski definition) is 3. The zero-order valence-corrected chi connectivity index (χ0v) is 8.88. The lowest BCUT2D eigenvalue weighted by Gasteiger charge is -2.07. The second kappa shape index (κ2) is 5.94. The summed E-state index contributed by atoms with van der Waals surface area (Å²) < 4.78 is 22.0. The van der Waals surface area contributed by atoms with Gasteiger partial charge in [-0.1, -0.05) is 6.92 Å². The van der Waals surface area contributed by atoms with Crippen molar-refractivity contribution in [2.24, 2.45) is 5.73 Å². The van der Waals surface area contributed by atoms with Gasteiger partial charge in [0, 0.05) is 18.8 Å². The van der Waals surface area contributed by atoms with Crippen molar-refractivity contribution >= 4 is 15.8 Å². The second-order valence-electron chi connectivity index (χ2n) is 2.89. The van der Waals surface area contributed by atoms with Crippen LogP contribution in [0.15, 0.2) is 0 Å². The summed E-state index contributed by atoms with van der Waals surface area (Å²) in [6.07, 6.45) is 0. The molecule has 6 nitrogen and oxygen atoms in total. The molecule has 0 aliphatic rings. The number of rotatable bonds is 7. The Balaban J connectivity index is 3.62. The summed E-state index contributed by atoms with van der Waals surface area (Å²) in [5.74, 6) is -0.994. The molecule has 0 aromatic carbocycles. The van der Waals surface area contributed by atoms with Gasteiger partial charge in [0.1, 0.15) is 6.04 Å². The summed E-state index contributed by atoms with van der Waals surface area (Å²) in [5, 5.41) is 11.1. The van der Waals surface area contributed by atoms with E-state index in [0.717, 1.165) is 0 Å². The van der Waals surface area contributed by atoms with Crippen LogP contribution in [0.2, 0.25) is 0 Å². The van der Waals surface area contributed by atoms with Gasteiger partial charge >= 0.3 is 5.97 Å². The summed E-state index contributed by atoms with van der Waals surface area (Å²) in [5.41, 5.74) is 5.19. The van der Waals surface area contributed by atoms with E-state index in [2.05, 4.69) is 5.32 Å². The molecule has 0 aliphatic carbocycles. The van der Waals surface area contributed by atoms with Crippen LogP contribution in [-0.4, -0.2) is 50.1 Å². The number of carboxylic acids is 1. The van der Waals surface area contributed by atoms with Crippen molar-refractivity contribution in [1.82, 2.24) is 5.32 Å². The standard InChI is InChI=1S/C7H16N2O4S/c1-2-14(12,13)4-3-9-5-6(8)7(10)11/h6,9H,2-5,8H2,1H3,(H,10,11). The Morgan fingerprint density at radius 1 is 1.57 bits per heavy atom. The van der Waals surface area contributed by atoms with Crippen molar-refractivity contribution in [3.8, 4) is 0 Å². The zero-order valence-electron chi connectivity index (χ0n) is 8.06. The van der Waals surface area contributed by atoms with E-state index in [4.69, 9.17) is 10.8 Å². The largest absolute Gasteiger partial charge is 0.480 e. The molecule has 1 atom stereocenters. The maximum atomic E-state index is 11.0. The Morgan fingerprint density at radius 2 is 2.14 bits per heavy atom. The van der Waals surface area contributed by atoms with Gasteiger partial charge in [0.05, 0.1) is 5.75 Å². The average molecular weight is 224 g/mol. The third-order valence-corrected chi connectivity index (χ3v) is 3.42. The van der Waals surface area contributed by atoms with Crippen molar-refractivity contribution in [2.75, 3.05) is 24.6 Å². The van der Waals surface area contributed by atoms with Gasteiger partial charge in [0.2, 0.25) is 0 Å². The van der Waals surface area contributed by atoms with Crippen LogP contribution in [0, 0.1) is 0 Å². The van der Waals surface area contributed by atoms with Gasteiger partial charge in [-0.3, -0.25) is 4.79 Å². The molecule has 0 fully saturated rings. The van der Waals surface area contributed by atoms with Gasteiger partial charge in [0.25, 0.3) is 0 Å². The molecule has 0 spiro atoms. The maximum absolute atomic E-state index is 11.0. The number of nitrogens with two attached hydrogens (primary N) is 1. The lowest BCUT2D eigenvalue weighted by Crippen LogP contribution is -2.41. The van der Waals surface area contributed by atoms with Crippen molar-refractivity contribution in [3.63, 3.8) is 0 Å². The third-order valence-electron chi connectivity index (χ3n) is 1.71. The van der Waals surface area contributed by atoms with Gasteiger partial charge in [-0.2, -0.15) is 0 Å². The van der Waals surface area contributed by atoms with E-state index in [1.807, 2.05) is 0 Å². The summed E-state index contributed by atoms with van der Waals surface area (Å²) in [6, 6.07) is -0.987. The molecular weight excluding hydrogens is 208 g/mol. The molecule has 7 heteroatoms. The molecule has 0 aromatic heterocycles. The molecular formula is C7H16N2O4S. The van der Waals surface area contributed by atoms with E-state index in [9.17, 15) is 13.2 Å². The van der Waals surface area contributed by atoms with E-state index in [-0.39, 0.29) is 24.6 Å². The Hall–Kier alpha value is -0.660. The van der Waals surface area contributed by atoms with E-state index < -0.39 is 21.8 Å². The van der Waals surface area contributed by atoms with E-state index in [1.54, 1.807) is 6.92 Å². The van der Waals surface area contributed by atoms with Gasteiger partial charge in [-0.15, -0.1) is 0 Å². The highest BCUT2D eigenvalue weighted by Crippen LogP contribution is 1.86. The fraction of sp³-hybridized carbons (Fsp3) is 0.857. The van der Waals surface area contributed by atoms with Gasteiger partial charge < -0.3 is 16.2 Å². The number of carboxylic acid groups (broad SMARTS) is 1. The van der Waals surface area contributed by atoms with Gasteiger partial charge in [0.15, 0.2) is 9.84 Å². The first-order valence-corrected chi connectivity index (χ1v) is 6.10. The number of sulfone groups is 1. The Morgan fingerprint density at radius 3 is 2.57 bits per heavy atom. The van der Waals surface area contributed by atoms with Gasteiger partial charge in [-0.25, -0.2) is 8.42 Å². The van der Waals surface area contributed by atoms with Crippen molar-refractivity contribution in [3.05, 3.63) is 0 Å². The quantitative estimate of drug-likeness (QED) is 0.450. The molecule has 14 heavy (non-hydrogen) atoms. The minimum atomic E-state index is -2.99. The smallest absolute Gasteiger partial charge is 0.321 e. The molecule has 0 aliphatic heterocycles. The first-order valence-electron chi connectivity index (χ1n) is 4.28. The van der Waals surface area contributed by atoms with Crippen LogP contribution in [0.4, 0.5) is 0 Å². The van der Waals surface area contributed by atoms with Crippen molar-refractivity contribution in [2.45, 2.75) is 13.0 Å². The normalized spacial score (nSPS) is 13.9. The zero-order chi connectivity index (χ0) is 11.2. The minimum Gasteiger partial charge on any atom is -0.480 e. The Kier molecular flexibility index (Phi) is 5.66. The third kappa shape index (κ3) is 5.90. The maximum Gasteiger partial charge on any atom is 0.321 e. The Bertz CT molecular complexity index is 275. The molecule has 0 bridgehead atoms. The van der Waals surface area contributed by atoms with Crippen molar-refractivity contribution < 1.29 is 18.3 Å². The number of nitrogens with one attached hydrogen (secondary N) is 1. The minimum absolute atomic E-state index is 0.00976. The first kappa shape index (κ1) is 13.3. The topological polar surface area (TPSA) is 109 Å². The highest BCUT2D eigenvalue weighted by atomic mass is 32.2. The van der Waals surface area contributed by atoms with E-state index >= 15 is 0 Å². The van der Waals surface area contributed by atoms with Gasteiger partial charge in [-0.05, 0) is 0 Å².